The Balaban J connectivity index is 3.38. The van der Waals surface area contributed by atoms with E-state index in [2.05, 4.69) is 13.8 Å². The van der Waals surface area contributed by atoms with Gasteiger partial charge >= 0.3 is 5.97 Å². The van der Waals surface area contributed by atoms with E-state index in [0.29, 0.717) is 19.6 Å². The second-order valence-electron chi connectivity index (χ2n) is 12.0. The van der Waals surface area contributed by atoms with Crippen molar-refractivity contribution in [2.45, 2.75) is 200 Å². The molecule has 234 valence electrons. The Hall–Kier alpha value is -0.610. The molecule has 4 heteroatoms. The van der Waals surface area contributed by atoms with Crippen molar-refractivity contribution < 1.29 is 19.4 Å². The topological polar surface area (TPSA) is 55.8 Å². The summed E-state index contributed by atoms with van der Waals surface area (Å²) < 4.78 is 11.1. The first kappa shape index (κ1) is 38.4. The largest absolute Gasteiger partial charge is 0.457 e. The summed E-state index contributed by atoms with van der Waals surface area (Å²) in [5.74, 6) is -0.197. The molecule has 1 atom stereocenters. The van der Waals surface area contributed by atoms with Gasteiger partial charge in [-0.25, -0.2) is 0 Å². The van der Waals surface area contributed by atoms with Crippen LogP contribution in [0.2, 0.25) is 0 Å². The summed E-state index contributed by atoms with van der Waals surface area (Å²) in [5, 5.41) is 9.53. The quantitative estimate of drug-likeness (QED) is 0.0647. The number of carbonyl (C=O) groups excluding carboxylic acids is 1. The summed E-state index contributed by atoms with van der Waals surface area (Å²) in [7, 11) is 0. The van der Waals surface area contributed by atoms with Crippen LogP contribution in [0.4, 0.5) is 0 Å². The molecule has 0 aromatic heterocycles. The molecule has 39 heavy (non-hydrogen) atoms. The van der Waals surface area contributed by atoms with Gasteiger partial charge in [-0.1, -0.05) is 174 Å². The number of unbranched alkanes of at least 4 members (excludes halogenated alkanes) is 25. The summed E-state index contributed by atoms with van der Waals surface area (Å²) in [6, 6.07) is 0. The number of rotatable bonds is 33. The van der Waals surface area contributed by atoms with Gasteiger partial charge in [0.15, 0.2) is 0 Å². The first-order chi connectivity index (χ1) is 19.2. The van der Waals surface area contributed by atoms with Crippen molar-refractivity contribution in [3.05, 3.63) is 0 Å². The normalized spacial score (nSPS) is 12.2. The van der Waals surface area contributed by atoms with Crippen molar-refractivity contribution >= 4 is 5.97 Å². The third-order valence-electron chi connectivity index (χ3n) is 7.93. The maximum absolute atomic E-state index is 12.1. The van der Waals surface area contributed by atoms with Crippen LogP contribution in [-0.2, 0) is 14.3 Å². The van der Waals surface area contributed by atoms with E-state index >= 15 is 0 Å². The van der Waals surface area contributed by atoms with Gasteiger partial charge in [-0.15, -0.1) is 0 Å². The lowest BCUT2D eigenvalue weighted by Gasteiger charge is -2.16. The highest BCUT2D eigenvalue weighted by Gasteiger charge is 2.13. The highest BCUT2D eigenvalue weighted by molar-refractivity contribution is 5.69. The zero-order valence-electron chi connectivity index (χ0n) is 26.7. The van der Waals surface area contributed by atoms with E-state index in [1.165, 1.54) is 154 Å². The summed E-state index contributed by atoms with van der Waals surface area (Å²) in [6.45, 7) is 5.37. The second-order valence-corrected chi connectivity index (χ2v) is 12.0. The Morgan fingerprint density at radius 2 is 0.846 bits per heavy atom. The molecule has 0 saturated heterocycles. The van der Waals surface area contributed by atoms with Gasteiger partial charge in [0.25, 0.3) is 0 Å². The lowest BCUT2D eigenvalue weighted by Crippen LogP contribution is -2.27. The Kier molecular flexibility index (Phi) is 33.1. The molecule has 0 amide bonds. The van der Waals surface area contributed by atoms with Crippen LogP contribution in [0.15, 0.2) is 0 Å². The fraction of sp³-hybridized carbons (Fsp3) is 0.971. The summed E-state index contributed by atoms with van der Waals surface area (Å²) in [6.07, 6.45) is 35.6. The molecule has 4 nitrogen and oxygen atoms in total. The minimum atomic E-state index is -0.522. The molecule has 0 aliphatic rings. The zero-order valence-corrected chi connectivity index (χ0v) is 26.7. The average molecular weight is 555 g/mol. The van der Waals surface area contributed by atoms with Crippen molar-refractivity contribution in [3.63, 3.8) is 0 Å². The van der Waals surface area contributed by atoms with Gasteiger partial charge in [-0.2, -0.15) is 0 Å². The van der Waals surface area contributed by atoms with Gasteiger partial charge in [0.05, 0.1) is 13.2 Å². The number of aliphatic hydroxyl groups excluding tert-OH is 1. The van der Waals surface area contributed by atoms with E-state index in [1.54, 1.807) is 0 Å². The molecule has 0 aromatic rings. The first-order valence-corrected chi connectivity index (χ1v) is 17.6. The Bertz CT molecular complexity index is 468. The van der Waals surface area contributed by atoms with Gasteiger partial charge in [-0.05, 0) is 12.8 Å². The average Bonchev–Trinajstić information content (AvgIpc) is 2.94. The smallest absolute Gasteiger partial charge is 0.306 e. The predicted octanol–water partition coefficient (Wildman–Crippen LogP) is 10.9. The number of carbonyl (C=O) groups is 1. The molecule has 1 unspecified atom stereocenters. The summed E-state index contributed by atoms with van der Waals surface area (Å²) in [4.78, 5) is 12.1. The molecular weight excluding hydrogens is 484 g/mol. The van der Waals surface area contributed by atoms with Crippen molar-refractivity contribution in [2.24, 2.45) is 0 Å². The highest BCUT2D eigenvalue weighted by Crippen LogP contribution is 2.14. The molecule has 0 heterocycles. The lowest BCUT2D eigenvalue weighted by atomic mass is 10.0. The van der Waals surface area contributed by atoms with Crippen molar-refractivity contribution in [1.82, 2.24) is 0 Å². The fourth-order valence-electron chi connectivity index (χ4n) is 5.27. The number of aliphatic hydroxyl groups is 1. The van der Waals surface area contributed by atoms with Crippen LogP contribution in [0.1, 0.15) is 194 Å². The van der Waals surface area contributed by atoms with Gasteiger partial charge in [0.1, 0.15) is 6.10 Å². The maximum atomic E-state index is 12.1. The monoisotopic (exact) mass is 555 g/mol. The first-order valence-electron chi connectivity index (χ1n) is 17.6. The molecule has 1 N–H and O–H groups in total. The minimum absolute atomic E-state index is 0.164. The molecule has 0 aliphatic heterocycles. The Labute approximate surface area is 244 Å². The molecule has 0 spiro atoms. The van der Waals surface area contributed by atoms with E-state index in [1.807, 2.05) is 0 Å². The van der Waals surface area contributed by atoms with Gasteiger partial charge < -0.3 is 14.6 Å². The van der Waals surface area contributed by atoms with Crippen molar-refractivity contribution in [2.75, 3.05) is 19.8 Å². The van der Waals surface area contributed by atoms with Crippen LogP contribution in [-0.4, -0.2) is 37.0 Å². The molecule has 0 bridgehead atoms. The van der Waals surface area contributed by atoms with Crippen LogP contribution in [0.25, 0.3) is 0 Å². The molecule has 0 radical (unpaired) electrons. The van der Waals surface area contributed by atoms with E-state index in [9.17, 15) is 9.90 Å². The van der Waals surface area contributed by atoms with E-state index in [0.717, 1.165) is 19.3 Å². The predicted molar refractivity (Wildman–Crippen MR) is 168 cm³/mol. The van der Waals surface area contributed by atoms with Gasteiger partial charge in [0.2, 0.25) is 0 Å². The second kappa shape index (κ2) is 33.6. The van der Waals surface area contributed by atoms with E-state index < -0.39 is 6.10 Å². The van der Waals surface area contributed by atoms with Crippen LogP contribution in [0.3, 0.4) is 0 Å². The number of hydrogen-bond donors (Lipinski definition) is 1. The molecule has 0 fully saturated rings. The summed E-state index contributed by atoms with van der Waals surface area (Å²) >= 11 is 0. The third-order valence-corrected chi connectivity index (χ3v) is 7.93. The zero-order chi connectivity index (χ0) is 28.5. The van der Waals surface area contributed by atoms with E-state index in [4.69, 9.17) is 9.47 Å². The minimum Gasteiger partial charge on any atom is -0.457 e. The molecule has 0 rings (SSSR count). The van der Waals surface area contributed by atoms with Crippen molar-refractivity contribution in [3.8, 4) is 0 Å². The number of esters is 1. The van der Waals surface area contributed by atoms with Gasteiger partial charge in [-0.3, -0.25) is 4.79 Å². The molecule has 0 aromatic carbocycles. The molecule has 0 aliphatic carbocycles. The molecule has 0 saturated carbocycles. The van der Waals surface area contributed by atoms with Crippen LogP contribution < -0.4 is 0 Å². The SMILES string of the molecule is CCCCCCCCCCCCCCCCCOCC(CO)OC(=O)CCCCCCCCCCCCCC. The van der Waals surface area contributed by atoms with Crippen molar-refractivity contribution in [1.29, 1.82) is 0 Å². The van der Waals surface area contributed by atoms with Crippen LogP contribution >= 0.6 is 0 Å². The Morgan fingerprint density at radius 3 is 1.21 bits per heavy atom. The highest BCUT2D eigenvalue weighted by atomic mass is 16.6. The van der Waals surface area contributed by atoms with Crippen LogP contribution in [0.5, 0.6) is 0 Å². The fourth-order valence-corrected chi connectivity index (χ4v) is 5.27. The number of ether oxygens (including phenoxy) is 2. The van der Waals surface area contributed by atoms with E-state index in [-0.39, 0.29) is 12.6 Å². The van der Waals surface area contributed by atoms with Gasteiger partial charge in [0, 0.05) is 13.0 Å². The summed E-state index contributed by atoms with van der Waals surface area (Å²) in [5.41, 5.74) is 0. The third kappa shape index (κ3) is 31.8. The Morgan fingerprint density at radius 1 is 0.513 bits per heavy atom. The maximum Gasteiger partial charge on any atom is 0.306 e. The lowest BCUT2D eigenvalue weighted by molar-refractivity contribution is -0.154. The standard InChI is InChI=1S/C35H70O4/c1-3-5-7-9-11-13-15-17-18-19-21-23-25-27-29-31-38-33-34(32-36)39-35(37)30-28-26-24-22-20-16-14-12-10-8-6-4-2/h34,36H,3-33H2,1-2H3. The number of hydrogen-bond acceptors (Lipinski definition) is 4. The molecular formula is C35H70O4. The van der Waals surface area contributed by atoms with Crippen LogP contribution in [0, 0.1) is 0 Å².